The van der Waals surface area contributed by atoms with E-state index in [2.05, 4.69) is 25.1 Å². The Labute approximate surface area is 129 Å². The summed E-state index contributed by atoms with van der Waals surface area (Å²) in [5, 5.41) is 4.22. The van der Waals surface area contributed by atoms with Crippen LogP contribution in [0.2, 0.25) is 5.02 Å². The Balaban J connectivity index is 1.65. The van der Waals surface area contributed by atoms with Crippen molar-refractivity contribution in [2.75, 3.05) is 0 Å². The highest BCUT2D eigenvalue weighted by Crippen LogP contribution is 2.58. The number of halogens is 1. The molecule has 110 valence electrons. The SMILES string of the molecule is CC1(C)C2CC=C(/C=N/OC(=O)c3ccccc3Cl)C1C2. The number of rotatable bonds is 3. The van der Waals surface area contributed by atoms with Crippen LogP contribution in [0.1, 0.15) is 37.0 Å². The van der Waals surface area contributed by atoms with Crippen LogP contribution < -0.4 is 0 Å². The van der Waals surface area contributed by atoms with E-state index in [-0.39, 0.29) is 0 Å². The topological polar surface area (TPSA) is 38.7 Å². The maximum absolute atomic E-state index is 11.9. The fourth-order valence-corrected chi connectivity index (χ4v) is 3.57. The Kier molecular flexibility index (Phi) is 3.62. The molecule has 0 aliphatic heterocycles. The molecule has 21 heavy (non-hydrogen) atoms. The van der Waals surface area contributed by atoms with Crippen LogP contribution in [-0.4, -0.2) is 12.2 Å². The van der Waals surface area contributed by atoms with Crippen LogP contribution in [0.15, 0.2) is 41.1 Å². The summed E-state index contributed by atoms with van der Waals surface area (Å²) in [5.74, 6) is 0.781. The molecule has 1 saturated carbocycles. The third-order valence-electron chi connectivity index (χ3n) is 4.94. The Morgan fingerprint density at radius 2 is 2.19 bits per heavy atom. The zero-order valence-corrected chi connectivity index (χ0v) is 12.9. The van der Waals surface area contributed by atoms with Gasteiger partial charge < -0.3 is 4.84 Å². The van der Waals surface area contributed by atoms with Gasteiger partial charge in [0.2, 0.25) is 0 Å². The number of nitrogens with zero attached hydrogens (tertiary/aromatic N) is 1. The second-order valence-corrected chi connectivity index (χ2v) is 6.75. The van der Waals surface area contributed by atoms with Crippen molar-refractivity contribution in [2.24, 2.45) is 22.4 Å². The average molecular weight is 304 g/mol. The lowest BCUT2D eigenvalue weighted by molar-refractivity contribution is -0.00152. The lowest BCUT2D eigenvalue weighted by atomic mass is 9.49. The Morgan fingerprint density at radius 3 is 2.86 bits per heavy atom. The van der Waals surface area contributed by atoms with Crippen molar-refractivity contribution in [1.29, 1.82) is 0 Å². The highest BCUT2D eigenvalue weighted by atomic mass is 35.5. The van der Waals surface area contributed by atoms with Gasteiger partial charge in [0.15, 0.2) is 0 Å². The van der Waals surface area contributed by atoms with Gasteiger partial charge in [0.05, 0.1) is 16.8 Å². The van der Waals surface area contributed by atoms with Crippen molar-refractivity contribution in [3.8, 4) is 0 Å². The monoisotopic (exact) mass is 303 g/mol. The van der Waals surface area contributed by atoms with Gasteiger partial charge in [-0.25, -0.2) is 4.79 Å². The normalized spacial score (nSPS) is 26.1. The summed E-state index contributed by atoms with van der Waals surface area (Å²) in [6, 6.07) is 6.79. The second kappa shape index (κ2) is 5.30. The lowest BCUT2D eigenvalue weighted by Crippen LogP contribution is -2.48. The number of hydrogen-bond acceptors (Lipinski definition) is 3. The summed E-state index contributed by atoms with van der Waals surface area (Å²) in [7, 11) is 0. The fraction of sp³-hybridized carbons (Fsp3) is 0.412. The minimum Gasteiger partial charge on any atom is -0.313 e. The number of allylic oxidation sites excluding steroid dienone is 2. The molecule has 0 aromatic heterocycles. The van der Waals surface area contributed by atoms with E-state index in [4.69, 9.17) is 16.4 Å². The molecule has 0 heterocycles. The molecule has 0 N–H and O–H groups in total. The molecule has 0 radical (unpaired) electrons. The number of benzene rings is 1. The van der Waals surface area contributed by atoms with E-state index in [1.165, 1.54) is 12.0 Å². The van der Waals surface area contributed by atoms with Crippen molar-refractivity contribution in [1.82, 2.24) is 0 Å². The first kappa shape index (κ1) is 14.3. The zero-order chi connectivity index (χ0) is 15.0. The van der Waals surface area contributed by atoms with Crippen molar-refractivity contribution in [2.45, 2.75) is 26.7 Å². The van der Waals surface area contributed by atoms with E-state index in [1.807, 2.05) is 0 Å². The molecule has 0 amide bonds. The van der Waals surface area contributed by atoms with Crippen molar-refractivity contribution >= 4 is 23.8 Å². The highest BCUT2D eigenvalue weighted by Gasteiger charge is 2.50. The van der Waals surface area contributed by atoms with Crippen molar-refractivity contribution < 1.29 is 9.63 Å². The Morgan fingerprint density at radius 1 is 1.43 bits per heavy atom. The van der Waals surface area contributed by atoms with Crippen LogP contribution in [0, 0.1) is 17.3 Å². The predicted octanol–water partition coefficient (Wildman–Crippen LogP) is 4.48. The average Bonchev–Trinajstić information content (AvgIpc) is 2.47. The van der Waals surface area contributed by atoms with Crippen LogP contribution in [0.3, 0.4) is 0 Å². The first-order valence-electron chi connectivity index (χ1n) is 7.19. The summed E-state index contributed by atoms with van der Waals surface area (Å²) in [4.78, 5) is 16.8. The standard InChI is InChI=1S/C17H18ClNO2/c1-17(2)12-8-7-11(14(17)9-12)10-19-21-16(20)13-5-3-4-6-15(13)18/h3-7,10,12,14H,8-9H2,1-2H3/b19-10+. The third kappa shape index (κ3) is 2.51. The molecule has 3 aliphatic carbocycles. The van der Waals surface area contributed by atoms with Crippen LogP contribution in [0.25, 0.3) is 0 Å². The van der Waals surface area contributed by atoms with E-state index in [0.29, 0.717) is 21.9 Å². The molecule has 2 bridgehead atoms. The number of carbonyl (C=O) groups excluding carboxylic acids is 1. The van der Waals surface area contributed by atoms with E-state index in [9.17, 15) is 4.79 Å². The van der Waals surface area contributed by atoms with Crippen LogP contribution in [0.5, 0.6) is 0 Å². The second-order valence-electron chi connectivity index (χ2n) is 6.34. The molecule has 1 aromatic carbocycles. The molecule has 0 spiro atoms. The molecule has 2 unspecified atom stereocenters. The van der Waals surface area contributed by atoms with Gasteiger partial charge in [-0.1, -0.05) is 48.8 Å². The predicted molar refractivity (Wildman–Crippen MR) is 83.4 cm³/mol. The lowest BCUT2D eigenvalue weighted by Gasteiger charge is -2.55. The molecule has 4 heteroatoms. The molecular weight excluding hydrogens is 286 g/mol. The molecule has 0 saturated heterocycles. The molecule has 2 atom stereocenters. The summed E-state index contributed by atoms with van der Waals surface area (Å²) >= 11 is 5.95. The maximum Gasteiger partial charge on any atom is 0.367 e. The Bertz CT molecular complexity index is 633. The maximum atomic E-state index is 11.9. The molecule has 4 rings (SSSR count). The van der Waals surface area contributed by atoms with Gasteiger partial charge in [0, 0.05) is 0 Å². The minimum atomic E-state index is -0.529. The van der Waals surface area contributed by atoms with Gasteiger partial charge >= 0.3 is 5.97 Å². The number of carbonyl (C=O) groups is 1. The van der Waals surface area contributed by atoms with Crippen LogP contribution in [-0.2, 0) is 4.84 Å². The summed E-state index contributed by atoms with van der Waals surface area (Å²) < 4.78 is 0. The van der Waals surface area contributed by atoms with E-state index >= 15 is 0 Å². The minimum absolute atomic E-state index is 0.331. The fourth-order valence-electron chi connectivity index (χ4n) is 3.36. The molecule has 1 aromatic rings. The largest absolute Gasteiger partial charge is 0.367 e. The van der Waals surface area contributed by atoms with Gasteiger partial charge in [-0.3, -0.25) is 0 Å². The summed E-state index contributed by atoms with van der Waals surface area (Å²) in [5.41, 5.74) is 1.84. The molecule has 1 fully saturated rings. The van der Waals surface area contributed by atoms with Crippen LogP contribution >= 0.6 is 11.6 Å². The van der Waals surface area contributed by atoms with Gasteiger partial charge in [-0.2, -0.15) is 0 Å². The molecule has 3 aliphatic rings. The number of hydrogen-bond donors (Lipinski definition) is 0. The number of fused-ring (bicyclic) bond motifs is 1. The third-order valence-corrected chi connectivity index (χ3v) is 5.27. The van der Waals surface area contributed by atoms with Gasteiger partial charge in [-0.15, -0.1) is 0 Å². The van der Waals surface area contributed by atoms with Crippen molar-refractivity contribution in [3.63, 3.8) is 0 Å². The smallest absolute Gasteiger partial charge is 0.313 e. The molecule has 3 nitrogen and oxygen atoms in total. The van der Waals surface area contributed by atoms with Crippen molar-refractivity contribution in [3.05, 3.63) is 46.5 Å². The first-order valence-corrected chi connectivity index (χ1v) is 7.57. The summed E-state index contributed by atoms with van der Waals surface area (Å²) in [6.07, 6.45) is 6.18. The van der Waals surface area contributed by atoms with Crippen LogP contribution in [0.4, 0.5) is 0 Å². The highest BCUT2D eigenvalue weighted by molar-refractivity contribution is 6.33. The quantitative estimate of drug-likeness (QED) is 0.469. The van der Waals surface area contributed by atoms with Gasteiger partial charge in [0.1, 0.15) is 0 Å². The molecular formula is C17H18ClNO2. The number of oxime groups is 1. The van der Waals surface area contributed by atoms with E-state index in [1.54, 1.807) is 30.5 Å². The van der Waals surface area contributed by atoms with E-state index < -0.39 is 5.97 Å². The van der Waals surface area contributed by atoms with Gasteiger partial charge in [0.25, 0.3) is 0 Å². The van der Waals surface area contributed by atoms with E-state index in [0.717, 1.165) is 12.3 Å². The Hall–Kier alpha value is -1.61. The zero-order valence-electron chi connectivity index (χ0n) is 12.2. The first-order chi connectivity index (χ1) is 10.00. The summed E-state index contributed by atoms with van der Waals surface area (Å²) in [6.45, 7) is 4.59. The van der Waals surface area contributed by atoms with Gasteiger partial charge in [-0.05, 0) is 47.8 Å².